The number of nitrogens with two attached hydrogens (primary N) is 1. The first kappa shape index (κ1) is 14.8. The Hall–Kier alpha value is -1.27. The standard InChI is InChI=1S/C11H13BrClN3O2/c1-11(2,9(14)16-18)10(17)15-8-4-3-6(12)5-7(8)13/h3-5,18H,1-2H3,(H2,14,16)(H,15,17). The summed E-state index contributed by atoms with van der Waals surface area (Å²) >= 11 is 9.25. The molecule has 0 aromatic heterocycles. The summed E-state index contributed by atoms with van der Waals surface area (Å²) in [6, 6.07) is 5.07. The molecule has 1 amide bonds. The fraction of sp³-hybridized carbons (Fsp3) is 0.273. The van der Waals surface area contributed by atoms with E-state index >= 15 is 0 Å². The third-order valence-electron chi connectivity index (χ3n) is 2.50. The molecule has 98 valence electrons. The molecule has 0 unspecified atom stereocenters. The number of carbonyl (C=O) groups excluding carboxylic acids is 1. The molecule has 1 aromatic rings. The minimum absolute atomic E-state index is 0.173. The molecule has 0 bridgehead atoms. The van der Waals surface area contributed by atoms with Gasteiger partial charge in [-0.3, -0.25) is 4.79 Å². The van der Waals surface area contributed by atoms with E-state index in [1.54, 1.807) is 32.0 Å². The molecule has 1 rings (SSSR count). The molecule has 0 fully saturated rings. The second kappa shape index (κ2) is 5.58. The van der Waals surface area contributed by atoms with Crippen LogP contribution in [0.25, 0.3) is 0 Å². The number of nitrogens with zero attached hydrogens (tertiary/aromatic N) is 1. The fourth-order valence-corrected chi connectivity index (χ4v) is 1.83. The molecule has 0 aliphatic carbocycles. The molecule has 7 heteroatoms. The van der Waals surface area contributed by atoms with Gasteiger partial charge < -0.3 is 16.3 Å². The highest BCUT2D eigenvalue weighted by Crippen LogP contribution is 2.27. The Morgan fingerprint density at radius 1 is 1.56 bits per heavy atom. The van der Waals surface area contributed by atoms with Crippen molar-refractivity contribution in [3.8, 4) is 0 Å². The van der Waals surface area contributed by atoms with Gasteiger partial charge in [-0.15, -0.1) is 0 Å². The summed E-state index contributed by atoms with van der Waals surface area (Å²) in [5, 5.41) is 14.5. The van der Waals surface area contributed by atoms with Gasteiger partial charge in [0.25, 0.3) is 0 Å². The predicted molar refractivity (Wildman–Crippen MR) is 75.0 cm³/mol. The lowest BCUT2D eigenvalue weighted by Gasteiger charge is -2.22. The van der Waals surface area contributed by atoms with Crippen molar-refractivity contribution in [2.45, 2.75) is 13.8 Å². The van der Waals surface area contributed by atoms with Crippen molar-refractivity contribution in [1.29, 1.82) is 0 Å². The van der Waals surface area contributed by atoms with Crippen LogP contribution >= 0.6 is 27.5 Å². The van der Waals surface area contributed by atoms with E-state index in [1.165, 1.54) is 0 Å². The molecule has 0 atom stereocenters. The predicted octanol–water partition coefficient (Wildman–Crippen LogP) is 2.81. The van der Waals surface area contributed by atoms with Crippen LogP contribution in [0.1, 0.15) is 13.8 Å². The number of nitrogens with one attached hydrogen (secondary N) is 1. The lowest BCUT2D eigenvalue weighted by Crippen LogP contribution is -2.42. The number of amidine groups is 1. The van der Waals surface area contributed by atoms with E-state index in [0.717, 1.165) is 4.47 Å². The van der Waals surface area contributed by atoms with Crippen molar-refractivity contribution in [2.75, 3.05) is 5.32 Å². The van der Waals surface area contributed by atoms with E-state index in [9.17, 15) is 4.79 Å². The number of hydrogen-bond donors (Lipinski definition) is 3. The molecule has 0 aliphatic heterocycles. The number of anilines is 1. The minimum Gasteiger partial charge on any atom is -0.409 e. The van der Waals surface area contributed by atoms with Gasteiger partial charge >= 0.3 is 0 Å². The Kier molecular flexibility index (Phi) is 4.59. The number of halogens is 2. The van der Waals surface area contributed by atoms with E-state index in [-0.39, 0.29) is 5.84 Å². The van der Waals surface area contributed by atoms with Crippen LogP contribution in [0.3, 0.4) is 0 Å². The summed E-state index contributed by atoms with van der Waals surface area (Å²) in [5.74, 6) is -0.588. The lowest BCUT2D eigenvalue weighted by molar-refractivity contribution is -0.121. The number of hydrogen-bond acceptors (Lipinski definition) is 3. The Labute approximate surface area is 118 Å². The van der Waals surface area contributed by atoms with Crippen LogP contribution in [0.2, 0.25) is 5.02 Å². The van der Waals surface area contributed by atoms with Crippen LogP contribution in [0.4, 0.5) is 5.69 Å². The van der Waals surface area contributed by atoms with Crippen molar-refractivity contribution in [3.63, 3.8) is 0 Å². The zero-order chi connectivity index (χ0) is 13.9. The van der Waals surface area contributed by atoms with Gasteiger partial charge in [0, 0.05) is 4.47 Å². The molecular formula is C11H13BrClN3O2. The summed E-state index contributed by atoms with van der Waals surface area (Å²) in [6.07, 6.45) is 0. The second-order valence-corrected chi connectivity index (χ2v) is 5.51. The van der Waals surface area contributed by atoms with Crippen molar-refractivity contribution >= 4 is 45.0 Å². The van der Waals surface area contributed by atoms with Gasteiger partial charge in [0.05, 0.1) is 10.7 Å². The first-order valence-electron chi connectivity index (χ1n) is 5.03. The van der Waals surface area contributed by atoms with Gasteiger partial charge in [-0.05, 0) is 32.0 Å². The molecular weight excluding hydrogens is 321 g/mol. The lowest BCUT2D eigenvalue weighted by atomic mass is 9.91. The van der Waals surface area contributed by atoms with Crippen molar-refractivity contribution in [1.82, 2.24) is 0 Å². The number of rotatable bonds is 3. The van der Waals surface area contributed by atoms with Gasteiger partial charge in [-0.25, -0.2) is 0 Å². The topological polar surface area (TPSA) is 87.7 Å². The zero-order valence-corrected chi connectivity index (χ0v) is 12.2. The van der Waals surface area contributed by atoms with E-state index in [4.69, 9.17) is 22.5 Å². The summed E-state index contributed by atoms with van der Waals surface area (Å²) in [7, 11) is 0. The van der Waals surface area contributed by atoms with Crippen LogP contribution in [-0.2, 0) is 4.79 Å². The first-order valence-corrected chi connectivity index (χ1v) is 6.20. The molecule has 4 N–H and O–H groups in total. The highest BCUT2D eigenvalue weighted by Gasteiger charge is 2.33. The molecule has 0 radical (unpaired) electrons. The number of amides is 1. The largest absolute Gasteiger partial charge is 0.409 e. The maximum Gasteiger partial charge on any atom is 0.237 e. The normalized spacial score (nSPS) is 12.3. The van der Waals surface area contributed by atoms with E-state index < -0.39 is 11.3 Å². The average Bonchev–Trinajstić information content (AvgIpc) is 2.31. The van der Waals surface area contributed by atoms with Crippen molar-refractivity contribution in [3.05, 3.63) is 27.7 Å². The van der Waals surface area contributed by atoms with Crippen LogP contribution in [-0.4, -0.2) is 17.0 Å². The van der Waals surface area contributed by atoms with E-state index in [0.29, 0.717) is 10.7 Å². The number of oxime groups is 1. The zero-order valence-electron chi connectivity index (χ0n) is 9.87. The quantitative estimate of drug-likeness (QED) is 0.344. The van der Waals surface area contributed by atoms with Crippen LogP contribution in [0.5, 0.6) is 0 Å². The van der Waals surface area contributed by atoms with E-state index in [2.05, 4.69) is 26.4 Å². The maximum atomic E-state index is 12.0. The number of carbonyl (C=O) groups is 1. The van der Waals surface area contributed by atoms with Gasteiger partial charge in [0.1, 0.15) is 5.41 Å². The summed E-state index contributed by atoms with van der Waals surface area (Å²) in [5.41, 5.74) is 4.79. The molecule has 0 heterocycles. The van der Waals surface area contributed by atoms with Gasteiger partial charge in [0.15, 0.2) is 5.84 Å². The number of benzene rings is 1. The molecule has 5 nitrogen and oxygen atoms in total. The molecule has 0 spiro atoms. The Morgan fingerprint density at radius 3 is 2.67 bits per heavy atom. The Bertz CT molecular complexity index is 503. The van der Waals surface area contributed by atoms with Crippen LogP contribution in [0.15, 0.2) is 27.8 Å². The third-order valence-corrected chi connectivity index (χ3v) is 3.30. The SMILES string of the molecule is CC(C)(C(=O)Nc1ccc(Br)cc1Cl)C(N)=NO. The Balaban J connectivity index is 2.95. The van der Waals surface area contributed by atoms with Gasteiger partial charge in [0.2, 0.25) is 5.91 Å². The molecule has 0 saturated heterocycles. The maximum absolute atomic E-state index is 12.0. The molecule has 0 aliphatic rings. The van der Waals surface area contributed by atoms with E-state index in [1.807, 2.05) is 0 Å². The average molecular weight is 335 g/mol. The summed E-state index contributed by atoms with van der Waals surface area (Å²) in [4.78, 5) is 12.0. The molecule has 1 aromatic carbocycles. The first-order chi connectivity index (χ1) is 8.28. The van der Waals surface area contributed by atoms with Crippen molar-refractivity contribution in [2.24, 2.45) is 16.3 Å². The van der Waals surface area contributed by atoms with Gasteiger partial charge in [-0.2, -0.15) is 0 Å². The third kappa shape index (κ3) is 3.14. The second-order valence-electron chi connectivity index (χ2n) is 4.19. The Morgan fingerprint density at radius 2 is 2.17 bits per heavy atom. The molecule has 18 heavy (non-hydrogen) atoms. The highest BCUT2D eigenvalue weighted by molar-refractivity contribution is 9.10. The van der Waals surface area contributed by atoms with Crippen LogP contribution in [0, 0.1) is 5.41 Å². The fourth-order valence-electron chi connectivity index (χ4n) is 1.11. The summed E-state index contributed by atoms with van der Waals surface area (Å²) < 4.78 is 0.807. The highest BCUT2D eigenvalue weighted by atomic mass is 79.9. The van der Waals surface area contributed by atoms with Crippen molar-refractivity contribution < 1.29 is 10.0 Å². The van der Waals surface area contributed by atoms with Gasteiger partial charge in [-0.1, -0.05) is 32.7 Å². The molecule has 0 saturated carbocycles. The van der Waals surface area contributed by atoms with Crippen LogP contribution < -0.4 is 11.1 Å². The minimum atomic E-state index is -1.13. The summed E-state index contributed by atoms with van der Waals surface area (Å²) in [6.45, 7) is 3.09. The monoisotopic (exact) mass is 333 g/mol. The smallest absolute Gasteiger partial charge is 0.237 e.